The van der Waals surface area contributed by atoms with Crippen LogP contribution in [0.5, 0.6) is 0 Å². The van der Waals surface area contributed by atoms with Crippen molar-refractivity contribution in [2.24, 2.45) is 16.7 Å². The van der Waals surface area contributed by atoms with Crippen molar-refractivity contribution in [2.75, 3.05) is 10.5 Å². The predicted octanol–water partition coefficient (Wildman–Crippen LogP) is 3.62. The van der Waals surface area contributed by atoms with Crippen molar-refractivity contribution in [2.45, 2.75) is 33.1 Å². The van der Waals surface area contributed by atoms with Crippen LogP contribution in [0.15, 0.2) is 18.2 Å². The minimum atomic E-state index is -3.75. The summed E-state index contributed by atoms with van der Waals surface area (Å²) in [6, 6.07) is 3.65. The van der Waals surface area contributed by atoms with Crippen LogP contribution >= 0.6 is 11.6 Å². The first kappa shape index (κ1) is 16.7. The lowest BCUT2D eigenvalue weighted by Crippen LogP contribution is -2.43. The summed E-state index contributed by atoms with van der Waals surface area (Å²) in [7, 11) is -3.75. The second-order valence-corrected chi connectivity index (χ2v) is 9.29. The Morgan fingerprint density at radius 3 is 2.61 bits per heavy atom. The lowest BCUT2D eigenvalue weighted by Gasteiger charge is -2.36. The maximum Gasteiger partial charge on any atom is 0.233 e. The molecule has 0 spiro atoms. The highest BCUT2D eigenvalue weighted by atomic mass is 35.5. The molecule has 23 heavy (non-hydrogen) atoms. The van der Waals surface area contributed by atoms with E-state index in [4.69, 9.17) is 11.6 Å². The Morgan fingerprint density at radius 1 is 1.39 bits per heavy atom. The highest BCUT2D eigenvalue weighted by molar-refractivity contribution is 7.92. The Hall–Kier alpha value is -1.14. The van der Waals surface area contributed by atoms with Gasteiger partial charge in [-0.25, -0.2) is 12.8 Å². The number of hydrogen-bond donors (Lipinski definition) is 1. The average Bonchev–Trinajstić information content (AvgIpc) is 2.76. The van der Waals surface area contributed by atoms with Gasteiger partial charge < -0.3 is 0 Å². The standard InChI is InChI=1S/C16H19ClFNO3S/c1-15(2)10-5-6-16(15,14(20)7-10)9-23(21,22)19-11-3-4-13(18)12(17)8-11/h3-4,8,10,19H,5-7,9H2,1-2H3/t10-,16+/m0/s1. The second kappa shape index (κ2) is 5.18. The highest BCUT2D eigenvalue weighted by Crippen LogP contribution is 2.64. The van der Waals surface area contributed by atoms with Crippen LogP contribution < -0.4 is 4.72 Å². The maximum absolute atomic E-state index is 13.2. The zero-order chi connectivity index (χ0) is 17.0. The van der Waals surface area contributed by atoms with Crippen molar-refractivity contribution in [1.29, 1.82) is 0 Å². The molecular weight excluding hydrogens is 341 g/mol. The van der Waals surface area contributed by atoms with Gasteiger partial charge in [0.2, 0.25) is 10.0 Å². The van der Waals surface area contributed by atoms with E-state index in [2.05, 4.69) is 4.72 Å². The molecule has 2 fully saturated rings. The third-order valence-electron chi connectivity index (χ3n) is 5.77. The molecule has 0 aliphatic heterocycles. The molecule has 2 aliphatic rings. The van der Waals surface area contributed by atoms with Crippen LogP contribution in [0.4, 0.5) is 10.1 Å². The number of nitrogens with one attached hydrogen (secondary N) is 1. The van der Waals surface area contributed by atoms with Gasteiger partial charge in [0.1, 0.15) is 11.6 Å². The van der Waals surface area contributed by atoms with E-state index in [0.29, 0.717) is 12.8 Å². The Labute approximate surface area is 140 Å². The van der Waals surface area contributed by atoms with Crippen molar-refractivity contribution >= 4 is 33.1 Å². The van der Waals surface area contributed by atoms with E-state index < -0.39 is 21.3 Å². The second-order valence-electron chi connectivity index (χ2n) is 7.16. The highest BCUT2D eigenvalue weighted by Gasteiger charge is 2.65. The fourth-order valence-corrected chi connectivity index (χ4v) is 6.27. The third kappa shape index (κ3) is 2.56. The first-order valence-corrected chi connectivity index (χ1v) is 9.59. The van der Waals surface area contributed by atoms with Gasteiger partial charge in [0.05, 0.1) is 21.9 Å². The van der Waals surface area contributed by atoms with Crippen LogP contribution in [0.1, 0.15) is 33.1 Å². The van der Waals surface area contributed by atoms with Crippen molar-refractivity contribution < 1.29 is 17.6 Å². The summed E-state index contributed by atoms with van der Waals surface area (Å²) in [5.41, 5.74) is -0.947. The maximum atomic E-state index is 13.2. The number of ketones is 1. The predicted molar refractivity (Wildman–Crippen MR) is 87.4 cm³/mol. The van der Waals surface area contributed by atoms with Gasteiger partial charge in [-0.2, -0.15) is 0 Å². The molecular formula is C16H19ClFNO3S. The summed E-state index contributed by atoms with van der Waals surface area (Å²) in [6.07, 6.45) is 1.95. The Morgan fingerprint density at radius 2 is 2.09 bits per heavy atom. The number of sulfonamides is 1. The number of rotatable bonds is 4. The molecule has 2 aliphatic carbocycles. The number of anilines is 1. The molecule has 2 saturated carbocycles. The van der Waals surface area contributed by atoms with Crippen molar-refractivity contribution in [3.63, 3.8) is 0 Å². The molecule has 7 heteroatoms. The van der Waals surface area contributed by atoms with Crippen LogP contribution in [-0.4, -0.2) is 20.0 Å². The van der Waals surface area contributed by atoms with Crippen molar-refractivity contribution in [1.82, 2.24) is 0 Å². The molecule has 0 heterocycles. The monoisotopic (exact) mass is 359 g/mol. The molecule has 2 atom stereocenters. The summed E-state index contributed by atoms with van der Waals surface area (Å²) in [6.45, 7) is 3.97. The van der Waals surface area contributed by atoms with Crippen LogP contribution in [0.25, 0.3) is 0 Å². The summed E-state index contributed by atoms with van der Waals surface area (Å²) >= 11 is 5.68. The van der Waals surface area contributed by atoms with Crippen molar-refractivity contribution in [3.05, 3.63) is 29.0 Å². The van der Waals surface area contributed by atoms with Crippen LogP contribution in [0.2, 0.25) is 5.02 Å². The van der Waals surface area contributed by atoms with E-state index in [-0.39, 0.29) is 33.6 Å². The van der Waals surface area contributed by atoms with Gasteiger partial charge in [-0.05, 0) is 42.4 Å². The van der Waals surface area contributed by atoms with E-state index in [0.717, 1.165) is 12.5 Å². The zero-order valence-corrected chi connectivity index (χ0v) is 14.6. The molecule has 2 bridgehead atoms. The third-order valence-corrected chi connectivity index (χ3v) is 7.48. The quantitative estimate of drug-likeness (QED) is 0.893. The largest absolute Gasteiger partial charge is 0.299 e. The van der Waals surface area contributed by atoms with E-state index in [1.165, 1.54) is 12.1 Å². The minimum Gasteiger partial charge on any atom is -0.299 e. The summed E-state index contributed by atoms with van der Waals surface area (Å²) in [4.78, 5) is 12.4. The number of fused-ring (bicyclic) bond motifs is 2. The van der Waals surface area contributed by atoms with E-state index >= 15 is 0 Å². The SMILES string of the molecule is CC1(C)[C@H]2CC[C@@]1(CS(=O)(=O)Nc1ccc(F)c(Cl)c1)C(=O)C2. The smallest absolute Gasteiger partial charge is 0.233 e. The van der Waals surface area contributed by atoms with Gasteiger partial charge in [-0.1, -0.05) is 25.4 Å². The molecule has 1 aromatic carbocycles. The number of Topliss-reactive ketones (excluding diaryl/α,β-unsaturated/α-hetero) is 1. The number of halogens is 2. The lowest BCUT2D eigenvalue weighted by atomic mass is 9.70. The molecule has 0 amide bonds. The Kier molecular flexibility index (Phi) is 3.76. The topological polar surface area (TPSA) is 63.2 Å². The Bertz CT molecular complexity index is 778. The molecule has 3 rings (SSSR count). The molecule has 0 aromatic heterocycles. The molecule has 1 aromatic rings. The first-order valence-electron chi connectivity index (χ1n) is 7.56. The molecule has 0 saturated heterocycles. The first-order chi connectivity index (χ1) is 10.6. The normalized spacial score (nSPS) is 29.0. The van der Waals surface area contributed by atoms with Gasteiger partial charge in [0.25, 0.3) is 0 Å². The van der Waals surface area contributed by atoms with Gasteiger partial charge in [0, 0.05) is 6.42 Å². The van der Waals surface area contributed by atoms with E-state index in [1.807, 2.05) is 13.8 Å². The van der Waals surface area contributed by atoms with Crippen LogP contribution in [0, 0.1) is 22.6 Å². The molecule has 0 radical (unpaired) electrons. The molecule has 4 nitrogen and oxygen atoms in total. The fraction of sp³-hybridized carbons (Fsp3) is 0.562. The minimum absolute atomic E-state index is 0.0428. The zero-order valence-electron chi connectivity index (χ0n) is 13.0. The van der Waals surface area contributed by atoms with Crippen molar-refractivity contribution in [3.8, 4) is 0 Å². The molecule has 1 N–H and O–H groups in total. The van der Waals surface area contributed by atoms with E-state index in [9.17, 15) is 17.6 Å². The molecule has 0 unspecified atom stereocenters. The summed E-state index contributed by atoms with van der Waals surface area (Å²) in [5, 5.41) is -0.151. The average molecular weight is 360 g/mol. The van der Waals surface area contributed by atoms with Gasteiger partial charge in [0.15, 0.2) is 0 Å². The number of benzene rings is 1. The summed E-state index contributed by atoms with van der Waals surface area (Å²) in [5.74, 6) is -0.553. The van der Waals surface area contributed by atoms with Gasteiger partial charge in [-0.3, -0.25) is 9.52 Å². The van der Waals surface area contributed by atoms with Gasteiger partial charge in [-0.15, -0.1) is 0 Å². The van der Waals surface area contributed by atoms with Gasteiger partial charge >= 0.3 is 0 Å². The number of carbonyl (C=O) groups is 1. The van der Waals surface area contributed by atoms with E-state index in [1.54, 1.807) is 0 Å². The summed E-state index contributed by atoms with van der Waals surface area (Å²) < 4.78 is 40.7. The Balaban J connectivity index is 1.86. The van der Waals surface area contributed by atoms with Crippen LogP contribution in [-0.2, 0) is 14.8 Å². The number of carbonyl (C=O) groups excluding carboxylic acids is 1. The lowest BCUT2D eigenvalue weighted by molar-refractivity contribution is -0.128. The molecule has 126 valence electrons. The van der Waals surface area contributed by atoms with Crippen LogP contribution in [0.3, 0.4) is 0 Å². The number of hydrogen-bond acceptors (Lipinski definition) is 3. The fourth-order valence-electron chi connectivity index (χ4n) is 4.21.